The summed E-state index contributed by atoms with van der Waals surface area (Å²) < 4.78 is 6.70. The second kappa shape index (κ2) is 4.78. The third-order valence-electron chi connectivity index (χ3n) is 3.90. The topological polar surface area (TPSA) is 42.4 Å². The highest BCUT2D eigenvalue weighted by atomic mass is 79.9. The van der Waals surface area contributed by atoms with Crippen molar-refractivity contribution in [3.05, 3.63) is 28.0 Å². The lowest BCUT2D eigenvalue weighted by Gasteiger charge is -2.32. The van der Waals surface area contributed by atoms with Crippen molar-refractivity contribution in [3.8, 4) is 0 Å². The molecule has 1 fully saturated rings. The number of aromatic nitrogens is 1. The van der Waals surface area contributed by atoms with Crippen LogP contribution in [0.1, 0.15) is 37.4 Å². The van der Waals surface area contributed by atoms with Crippen LogP contribution in [-0.2, 0) is 16.8 Å². The standard InChI is InChI=1S/C14H17BrN2O2/c1-2-6-17-9-14(19-13(17)18)5-3-4-12-11(14)7-10(15)8-16-12/h7-8H,2-6,9H2,1H3. The Morgan fingerprint density at radius 2 is 2.42 bits per heavy atom. The van der Waals surface area contributed by atoms with E-state index in [9.17, 15) is 4.79 Å². The van der Waals surface area contributed by atoms with Crippen molar-refractivity contribution in [1.29, 1.82) is 0 Å². The summed E-state index contributed by atoms with van der Waals surface area (Å²) in [7, 11) is 0. The quantitative estimate of drug-likeness (QED) is 0.838. The third kappa shape index (κ3) is 2.14. The number of hydrogen-bond acceptors (Lipinski definition) is 3. The molecule has 1 atom stereocenters. The smallest absolute Gasteiger partial charge is 0.410 e. The van der Waals surface area contributed by atoms with Crippen LogP contribution in [0.15, 0.2) is 16.7 Å². The van der Waals surface area contributed by atoms with Crippen LogP contribution in [0.3, 0.4) is 0 Å². The molecular formula is C14H17BrN2O2. The number of aryl methyl sites for hydroxylation is 1. The fraction of sp³-hybridized carbons (Fsp3) is 0.571. The Bertz CT molecular complexity index is 520. The minimum Gasteiger partial charge on any atom is -0.436 e. The summed E-state index contributed by atoms with van der Waals surface area (Å²) in [5.41, 5.74) is 1.68. The minimum absolute atomic E-state index is 0.185. The van der Waals surface area contributed by atoms with Crippen molar-refractivity contribution < 1.29 is 9.53 Å². The van der Waals surface area contributed by atoms with E-state index in [0.717, 1.165) is 48.0 Å². The number of halogens is 1. The highest BCUT2D eigenvalue weighted by Crippen LogP contribution is 2.43. The van der Waals surface area contributed by atoms with Gasteiger partial charge in [0.05, 0.1) is 6.54 Å². The van der Waals surface area contributed by atoms with Crippen LogP contribution in [0.2, 0.25) is 0 Å². The predicted octanol–water partition coefficient (Wildman–Crippen LogP) is 3.24. The van der Waals surface area contributed by atoms with Gasteiger partial charge in [0.25, 0.3) is 0 Å². The molecule has 4 nitrogen and oxygen atoms in total. The first-order valence-corrected chi connectivity index (χ1v) is 7.57. The monoisotopic (exact) mass is 324 g/mol. The molecule has 0 bridgehead atoms. The van der Waals surface area contributed by atoms with Crippen LogP contribution in [0.4, 0.5) is 4.79 Å². The van der Waals surface area contributed by atoms with Gasteiger partial charge >= 0.3 is 6.09 Å². The molecule has 1 unspecified atom stereocenters. The van der Waals surface area contributed by atoms with Gasteiger partial charge in [-0.15, -0.1) is 0 Å². The molecule has 5 heteroatoms. The van der Waals surface area contributed by atoms with Crippen LogP contribution in [0, 0.1) is 0 Å². The fourth-order valence-electron chi connectivity index (χ4n) is 3.08. The summed E-state index contributed by atoms with van der Waals surface area (Å²) in [6.45, 7) is 3.49. The molecule has 0 N–H and O–H groups in total. The van der Waals surface area contributed by atoms with E-state index in [-0.39, 0.29) is 6.09 Å². The van der Waals surface area contributed by atoms with E-state index < -0.39 is 5.60 Å². The maximum atomic E-state index is 12.0. The second-order valence-electron chi connectivity index (χ2n) is 5.29. The van der Waals surface area contributed by atoms with Gasteiger partial charge in [-0.1, -0.05) is 6.92 Å². The van der Waals surface area contributed by atoms with E-state index in [2.05, 4.69) is 33.9 Å². The van der Waals surface area contributed by atoms with Gasteiger partial charge in [0.1, 0.15) is 0 Å². The molecule has 1 aromatic rings. The SMILES string of the molecule is CCCN1CC2(CCCc3ncc(Br)cc32)OC1=O. The first-order chi connectivity index (χ1) is 9.14. The lowest BCUT2D eigenvalue weighted by molar-refractivity contribution is 0.0389. The summed E-state index contributed by atoms with van der Waals surface area (Å²) in [5, 5.41) is 0. The molecule has 1 amide bonds. The van der Waals surface area contributed by atoms with Gasteiger partial charge in [-0.2, -0.15) is 0 Å². The van der Waals surface area contributed by atoms with Gasteiger partial charge in [0.15, 0.2) is 5.60 Å². The zero-order valence-corrected chi connectivity index (χ0v) is 12.6. The number of carbonyl (C=O) groups excluding carboxylic acids is 1. The van der Waals surface area contributed by atoms with Crippen molar-refractivity contribution in [2.45, 2.75) is 38.2 Å². The molecule has 3 rings (SSSR count). The number of hydrogen-bond donors (Lipinski definition) is 0. The molecule has 1 aliphatic heterocycles. The van der Waals surface area contributed by atoms with E-state index in [1.165, 1.54) is 0 Å². The van der Waals surface area contributed by atoms with Gasteiger partial charge < -0.3 is 9.64 Å². The Morgan fingerprint density at radius 1 is 1.58 bits per heavy atom. The summed E-state index contributed by atoms with van der Waals surface area (Å²) in [5.74, 6) is 0. The zero-order chi connectivity index (χ0) is 13.5. The van der Waals surface area contributed by atoms with Crippen LogP contribution in [0.25, 0.3) is 0 Å². The number of carbonyl (C=O) groups is 1. The van der Waals surface area contributed by atoms with Gasteiger partial charge in [-0.05, 0) is 47.7 Å². The number of nitrogens with zero attached hydrogens (tertiary/aromatic N) is 2. The van der Waals surface area contributed by atoms with E-state index in [0.29, 0.717) is 6.54 Å². The molecule has 102 valence electrons. The molecule has 1 saturated heterocycles. The van der Waals surface area contributed by atoms with Crippen molar-refractivity contribution in [3.63, 3.8) is 0 Å². The molecule has 2 heterocycles. The largest absolute Gasteiger partial charge is 0.436 e. The summed E-state index contributed by atoms with van der Waals surface area (Å²) in [4.78, 5) is 18.3. The number of pyridine rings is 1. The first kappa shape index (κ1) is 12.9. The Hall–Kier alpha value is -1.10. The molecule has 0 saturated carbocycles. The number of rotatable bonds is 2. The maximum absolute atomic E-state index is 12.0. The second-order valence-corrected chi connectivity index (χ2v) is 6.20. The molecule has 19 heavy (non-hydrogen) atoms. The summed E-state index contributed by atoms with van der Waals surface area (Å²) >= 11 is 3.47. The van der Waals surface area contributed by atoms with Crippen LogP contribution in [-0.4, -0.2) is 29.1 Å². The van der Waals surface area contributed by atoms with Gasteiger partial charge in [0.2, 0.25) is 0 Å². The van der Waals surface area contributed by atoms with Crippen molar-refractivity contribution in [2.75, 3.05) is 13.1 Å². The van der Waals surface area contributed by atoms with Gasteiger partial charge in [-0.3, -0.25) is 4.98 Å². The molecule has 0 aromatic carbocycles. The Labute approximate surface area is 121 Å². The van der Waals surface area contributed by atoms with E-state index in [1.807, 2.05) is 11.1 Å². The normalized spacial score (nSPS) is 25.6. The number of ether oxygens (including phenoxy) is 1. The zero-order valence-electron chi connectivity index (χ0n) is 11.0. The van der Waals surface area contributed by atoms with Crippen molar-refractivity contribution >= 4 is 22.0 Å². The highest BCUT2D eigenvalue weighted by Gasteiger charge is 2.48. The van der Waals surface area contributed by atoms with Crippen molar-refractivity contribution in [2.24, 2.45) is 0 Å². The van der Waals surface area contributed by atoms with Crippen molar-refractivity contribution in [1.82, 2.24) is 9.88 Å². The number of fused-ring (bicyclic) bond motifs is 2. The summed E-state index contributed by atoms with van der Waals surface area (Å²) in [6, 6.07) is 2.06. The molecule has 0 radical (unpaired) electrons. The van der Waals surface area contributed by atoms with Crippen LogP contribution in [0.5, 0.6) is 0 Å². The highest BCUT2D eigenvalue weighted by molar-refractivity contribution is 9.10. The molecular weight excluding hydrogens is 308 g/mol. The average Bonchev–Trinajstić information content (AvgIpc) is 2.69. The van der Waals surface area contributed by atoms with E-state index in [1.54, 1.807) is 0 Å². The summed E-state index contributed by atoms with van der Waals surface area (Å²) in [6.07, 6.45) is 5.47. The molecule has 2 aliphatic rings. The fourth-order valence-corrected chi connectivity index (χ4v) is 3.42. The van der Waals surface area contributed by atoms with E-state index >= 15 is 0 Å². The van der Waals surface area contributed by atoms with E-state index in [4.69, 9.17) is 4.74 Å². The predicted molar refractivity (Wildman–Crippen MR) is 74.9 cm³/mol. The minimum atomic E-state index is -0.476. The van der Waals surface area contributed by atoms with Crippen LogP contribution >= 0.6 is 15.9 Å². The lowest BCUT2D eigenvalue weighted by atomic mass is 9.81. The third-order valence-corrected chi connectivity index (χ3v) is 4.34. The molecule has 1 aliphatic carbocycles. The average molecular weight is 325 g/mol. The van der Waals surface area contributed by atoms with Crippen LogP contribution < -0.4 is 0 Å². The molecule has 1 spiro atoms. The maximum Gasteiger partial charge on any atom is 0.410 e. The van der Waals surface area contributed by atoms with Gasteiger partial charge in [-0.25, -0.2) is 4.79 Å². The Balaban J connectivity index is 1.99. The van der Waals surface area contributed by atoms with Gasteiger partial charge in [0, 0.05) is 28.5 Å². The Morgan fingerprint density at radius 3 is 3.21 bits per heavy atom. The number of amides is 1. The lowest BCUT2D eigenvalue weighted by Crippen LogP contribution is -2.36. The first-order valence-electron chi connectivity index (χ1n) is 6.77. The Kier molecular flexibility index (Phi) is 3.25. The molecule has 1 aromatic heterocycles.